The van der Waals surface area contributed by atoms with Crippen molar-refractivity contribution >= 4 is 7.60 Å². The fourth-order valence-corrected chi connectivity index (χ4v) is 2.08. The maximum atomic E-state index is 11.7. The van der Waals surface area contributed by atoms with E-state index in [0.29, 0.717) is 6.61 Å². The molecular formula is C8H17O5P. The zero-order valence-electron chi connectivity index (χ0n) is 8.73. The number of ether oxygens (including phenoxy) is 1. The van der Waals surface area contributed by atoms with Crippen LogP contribution in [0.25, 0.3) is 0 Å². The second kappa shape index (κ2) is 6.87. The highest BCUT2D eigenvalue weighted by Crippen LogP contribution is 2.50. The van der Waals surface area contributed by atoms with Gasteiger partial charge in [0.15, 0.2) is 0 Å². The summed E-state index contributed by atoms with van der Waals surface area (Å²) < 4.78 is 26.3. The smallest absolute Gasteiger partial charge is 0.361 e. The summed E-state index contributed by atoms with van der Waals surface area (Å²) in [6.07, 6.45) is 0. The zero-order chi connectivity index (χ0) is 11.0. The molecule has 14 heavy (non-hydrogen) atoms. The Kier molecular flexibility index (Phi) is 6.62. The predicted molar refractivity (Wildman–Crippen MR) is 53.2 cm³/mol. The monoisotopic (exact) mass is 224 g/mol. The van der Waals surface area contributed by atoms with Gasteiger partial charge < -0.3 is 18.9 Å². The SMILES string of the molecule is CCO/C(O)=C/P(=O)(OCC)OCC. The van der Waals surface area contributed by atoms with E-state index >= 15 is 0 Å². The first-order valence-corrected chi connectivity index (χ1v) is 6.12. The molecule has 0 heterocycles. The lowest BCUT2D eigenvalue weighted by Crippen LogP contribution is -1.96. The van der Waals surface area contributed by atoms with Crippen LogP contribution in [0.2, 0.25) is 0 Å². The van der Waals surface area contributed by atoms with E-state index in [1.807, 2.05) is 0 Å². The van der Waals surface area contributed by atoms with Gasteiger partial charge >= 0.3 is 7.60 Å². The molecule has 0 aliphatic heterocycles. The Morgan fingerprint density at radius 3 is 2.07 bits per heavy atom. The average molecular weight is 224 g/mol. The van der Waals surface area contributed by atoms with Crippen LogP contribution in [0.3, 0.4) is 0 Å². The first-order valence-electron chi connectivity index (χ1n) is 4.51. The summed E-state index contributed by atoms with van der Waals surface area (Å²) in [6.45, 7) is 5.87. The number of rotatable bonds is 7. The van der Waals surface area contributed by atoms with E-state index in [0.717, 1.165) is 5.82 Å². The topological polar surface area (TPSA) is 65.0 Å². The Hall–Kier alpha value is -0.510. The van der Waals surface area contributed by atoms with E-state index < -0.39 is 13.5 Å². The van der Waals surface area contributed by atoms with Gasteiger partial charge in [0.2, 0.25) is 0 Å². The van der Waals surface area contributed by atoms with Crippen LogP contribution in [0.5, 0.6) is 0 Å². The summed E-state index contributed by atoms with van der Waals surface area (Å²) in [7, 11) is -3.34. The number of aliphatic hydroxyl groups excluding tert-OH is 1. The van der Waals surface area contributed by atoms with Gasteiger partial charge in [-0.1, -0.05) is 0 Å². The van der Waals surface area contributed by atoms with Gasteiger partial charge in [0.05, 0.1) is 19.8 Å². The molecule has 84 valence electrons. The van der Waals surface area contributed by atoms with Crippen LogP contribution in [0.1, 0.15) is 20.8 Å². The Morgan fingerprint density at radius 2 is 1.71 bits per heavy atom. The van der Waals surface area contributed by atoms with Crippen LogP contribution in [-0.4, -0.2) is 24.9 Å². The first-order chi connectivity index (χ1) is 6.58. The Morgan fingerprint density at radius 1 is 1.21 bits per heavy atom. The van der Waals surface area contributed by atoms with Gasteiger partial charge in [-0.25, -0.2) is 0 Å². The first kappa shape index (κ1) is 13.5. The molecule has 1 N–H and O–H groups in total. The second-order valence-electron chi connectivity index (χ2n) is 2.28. The lowest BCUT2D eigenvalue weighted by Gasteiger charge is -2.13. The van der Waals surface area contributed by atoms with Crippen molar-refractivity contribution in [2.75, 3.05) is 19.8 Å². The summed E-state index contributed by atoms with van der Waals surface area (Å²) >= 11 is 0. The van der Waals surface area contributed by atoms with Crippen molar-refractivity contribution in [2.45, 2.75) is 20.8 Å². The molecule has 6 heteroatoms. The third-order valence-electron chi connectivity index (χ3n) is 1.18. The second-order valence-corrected chi connectivity index (χ2v) is 4.13. The number of hydrogen-bond donors (Lipinski definition) is 1. The molecule has 0 saturated heterocycles. The van der Waals surface area contributed by atoms with Crippen molar-refractivity contribution in [3.8, 4) is 0 Å². The minimum atomic E-state index is -3.34. The molecule has 0 aliphatic rings. The van der Waals surface area contributed by atoms with Crippen LogP contribution >= 0.6 is 7.60 Å². The van der Waals surface area contributed by atoms with Crippen molar-refractivity contribution in [2.24, 2.45) is 0 Å². The van der Waals surface area contributed by atoms with Crippen LogP contribution in [0, 0.1) is 0 Å². The molecule has 0 rings (SSSR count). The Labute approximate surface area is 84.2 Å². The molecule has 5 nitrogen and oxygen atoms in total. The number of aliphatic hydroxyl groups is 1. The van der Waals surface area contributed by atoms with E-state index in [9.17, 15) is 4.57 Å². The highest BCUT2D eigenvalue weighted by molar-refractivity contribution is 7.57. The van der Waals surface area contributed by atoms with E-state index in [2.05, 4.69) is 0 Å². The van der Waals surface area contributed by atoms with Crippen molar-refractivity contribution in [3.63, 3.8) is 0 Å². The maximum absolute atomic E-state index is 11.7. The lowest BCUT2D eigenvalue weighted by molar-refractivity contribution is 0.102. The van der Waals surface area contributed by atoms with Crippen LogP contribution < -0.4 is 0 Å². The average Bonchev–Trinajstić information content (AvgIpc) is 2.04. The van der Waals surface area contributed by atoms with Crippen molar-refractivity contribution in [1.82, 2.24) is 0 Å². The quantitative estimate of drug-likeness (QED) is 0.532. The summed E-state index contributed by atoms with van der Waals surface area (Å²) in [5.41, 5.74) is 0. The van der Waals surface area contributed by atoms with Crippen molar-refractivity contribution in [1.29, 1.82) is 0 Å². The maximum Gasteiger partial charge on any atom is 0.361 e. The number of hydrogen-bond acceptors (Lipinski definition) is 5. The molecule has 0 atom stereocenters. The molecule has 0 aromatic carbocycles. The van der Waals surface area contributed by atoms with E-state index in [1.54, 1.807) is 20.8 Å². The third kappa shape index (κ3) is 5.27. The molecule has 0 spiro atoms. The molecule has 0 aromatic heterocycles. The van der Waals surface area contributed by atoms with Gasteiger partial charge in [-0.2, -0.15) is 0 Å². The summed E-state index contributed by atoms with van der Waals surface area (Å²) in [5.74, 6) is 0.543. The third-order valence-corrected chi connectivity index (χ3v) is 2.95. The summed E-state index contributed by atoms with van der Waals surface area (Å²) in [6, 6.07) is 0. The Bertz CT molecular complexity index is 216. The van der Waals surface area contributed by atoms with Crippen molar-refractivity contribution in [3.05, 3.63) is 11.8 Å². The molecule has 0 aliphatic carbocycles. The molecular weight excluding hydrogens is 207 g/mol. The van der Waals surface area contributed by atoms with Crippen LogP contribution in [-0.2, 0) is 18.3 Å². The minimum absolute atomic E-state index is 0.243. The highest BCUT2D eigenvalue weighted by Gasteiger charge is 2.22. The Balaban J connectivity index is 4.48. The van der Waals surface area contributed by atoms with Gasteiger partial charge in [0.25, 0.3) is 5.95 Å². The van der Waals surface area contributed by atoms with Crippen LogP contribution in [0.4, 0.5) is 0 Å². The minimum Gasteiger partial charge on any atom is -0.481 e. The van der Waals surface area contributed by atoms with Crippen molar-refractivity contribution < 1.29 is 23.5 Å². The van der Waals surface area contributed by atoms with Gasteiger partial charge in [-0.05, 0) is 20.8 Å². The predicted octanol–water partition coefficient (Wildman–Crippen LogP) is 2.65. The van der Waals surface area contributed by atoms with E-state index in [1.165, 1.54) is 0 Å². The fraction of sp³-hybridized carbons (Fsp3) is 0.750. The summed E-state index contributed by atoms with van der Waals surface area (Å²) in [5, 5.41) is 9.14. The van der Waals surface area contributed by atoms with Gasteiger partial charge in [-0.15, -0.1) is 0 Å². The van der Waals surface area contributed by atoms with E-state index in [4.69, 9.17) is 18.9 Å². The molecule has 0 bridgehead atoms. The van der Waals surface area contributed by atoms with Gasteiger partial charge in [0, 0.05) is 0 Å². The molecule has 0 radical (unpaired) electrons. The van der Waals surface area contributed by atoms with Gasteiger partial charge in [0.1, 0.15) is 5.82 Å². The normalized spacial score (nSPS) is 12.9. The molecule has 0 unspecified atom stereocenters. The summed E-state index contributed by atoms with van der Waals surface area (Å²) in [4.78, 5) is 0. The molecule has 0 fully saturated rings. The largest absolute Gasteiger partial charge is 0.481 e. The lowest BCUT2D eigenvalue weighted by atomic mass is 10.8. The molecule has 0 aromatic rings. The van der Waals surface area contributed by atoms with E-state index in [-0.39, 0.29) is 13.2 Å². The standard InChI is InChI=1S/C8H17O5P/c1-4-11-8(9)7-14(10,12-5-2)13-6-3/h7,9H,4-6H2,1-3H3/b8-7+. The molecule has 0 amide bonds. The highest BCUT2D eigenvalue weighted by atomic mass is 31.2. The molecule has 0 saturated carbocycles. The zero-order valence-corrected chi connectivity index (χ0v) is 9.62. The van der Waals surface area contributed by atoms with Gasteiger partial charge in [-0.3, -0.25) is 4.57 Å². The fourth-order valence-electron chi connectivity index (χ4n) is 0.792. The van der Waals surface area contributed by atoms with Crippen LogP contribution in [0.15, 0.2) is 11.8 Å².